The van der Waals surface area contributed by atoms with Gasteiger partial charge in [-0.25, -0.2) is 0 Å². The van der Waals surface area contributed by atoms with Gasteiger partial charge in [0.25, 0.3) is 0 Å². The molecule has 4 saturated carbocycles. The van der Waals surface area contributed by atoms with Gasteiger partial charge in [0.05, 0.1) is 10.8 Å². The van der Waals surface area contributed by atoms with Gasteiger partial charge in [-0.15, -0.1) is 0 Å². The molecule has 0 aromatic heterocycles. The van der Waals surface area contributed by atoms with Crippen molar-refractivity contribution in [3.05, 3.63) is 0 Å². The normalized spacial score (nSPS) is 45.4. The van der Waals surface area contributed by atoms with Crippen LogP contribution in [0.5, 0.6) is 0 Å². The molecule has 23 heavy (non-hydrogen) atoms. The fraction of sp³-hybridized carbons (Fsp3) is 0.900. The Morgan fingerprint density at radius 3 is 1.22 bits per heavy atom. The van der Waals surface area contributed by atoms with E-state index in [9.17, 15) is 9.59 Å². The van der Waals surface area contributed by atoms with E-state index in [4.69, 9.17) is 4.74 Å². The highest BCUT2D eigenvalue weighted by Gasteiger charge is 2.67. The highest BCUT2D eigenvalue weighted by Crippen LogP contribution is 2.68. The van der Waals surface area contributed by atoms with Crippen molar-refractivity contribution in [3.8, 4) is 0 Å². The third-order valence-electron chi connectivity index (χ3n) is 9.15. The second-order valence-corrected chi connectivity index (χ2v) is 9.83. The van der Waals surface area contributed by atoms with Crippen molar-refractivity contribution >= 4 is 11.9 Å². The van der Waals surface area contributed by atoms with Gasteiger partial charge >= 0.3 is 11.9 Å². The van der Waals surface area contributed by atoms with Gasteiger partial charge < -0.3 is 4.74 Å². The van der Waals surface area contributed by atoms with Crippen LogP contribution in [0.4, 0.5) is 0 Å². The molecule has 128 valence electrons. The first-order valence-corrected chi connectivity index (χ1v) is 9.44. The number of esters is 2. The van der Waals surface area contributed by atoms with Gasteiger partial charge in [-0.2, -0.15) is 0 Å². The summed E-state index contributed by atoms with van der Waals surface area (Å²) >= 11 is 0. The van der Waals surface area contributed by atoms with Gasteiger partial charge in [0, 0.05) is 0 Å². The van der Waals surface area contributed by atoms with Crippen LogP contribution in [0.1, 0.15) is 79.1 Å². The van der Waals surface area contributed by atoms with E-state index in [0.29, 0.717) is 11.8 Å². The number of hydrogen-bond donors (Lipinski definition) is 0. The van der Waals surface area contributed by atoms with Crippen molar-refractivity contribution in [2.45, 2.75) is 79.1 Å². The summed E-state index contributed by atoms with van der Waals surface area (Å²) in [5.41, 5.74) is -0.869. The highest BCUT2D eigenvalue weighted by atomic mass is 16.6. The van der Waals surface area contributed by atoms with Gasteiger partial charge in [-0.3, -0.25) is 9.59 Å². The first-order chi connectivity index (χ1) is 10.7. The fourth-order valence-corrected chi connectivity index (χ4v) is 6.95. The molecule has 3 nitrogen and oxygen atoms in total. The van der Waals surface area contributed by atoms with Gasteiger partial charge in [0.1, 0.15) is 0 Å². The average Bonchev–Trinajstić information content (AvgIpc) is 3.12. The molecule has 4 aliphatic rings. The Morgan fingerprint density at radius 2 is 1.00 bits per heavy atom. The summed E-state index contributed by atoms with van der Waals surface area (Å²) in [5.74, 6) is 0.797. The summed E-state index contributed by atoms with van der Waals surface area (Å²) in [7, 11) is 0. The minimum atomic E-state index is -0.412. The van der Waals surface area contributed by atoms with E-state index >= 15 is 0 Å². The Balaban J connectivity index is 1.57. The molecule has 0 aromatic rings. The predicted molar refractivity (Wildman–Crippen MR) is 87.4 cm³/mol. The second kappa shape index (κ2) is 4.40. The summed E-state index contributed by atoms with van der Waals surface area (Å²) in [5, 5.41) is 0. The molecule has 0 spiro atoms. The number of rotatable bonds is 2. The average molecular weight is 318 g/mol. The van der Waals surface area contributed by atoms with E-state index in [0.717, 1.165) is 51.4 Å². The zero-order chi connectivity index (χ0) is 16.7. The molecule has 4 aliphatic carbocycles. The molecule has 0 N–H and O–H groups in total. The largest absolute Gasteiger partial charge is 0.392 e. The molecule has 3 heteroatoms. The number of carbonyl (C=O) groups excluding carboxylic acids is 2. The molecule has 4 rings (SSSR count). The minimum Gasteiger partial charge on any atom is -0.392 e. The van der Waals surface area contributed by atoms with Crippen LogP contribution in [-0.2, 0) is 14.3 Å². The third kappa shape index (κ3) is 1.62. The molecule has 0 aromatic carbocycles. The number of fused-ring (bicyclic) bond motifs is 4. The van der Waals surface area contributed by atoms with Crippen LogP contribution in [0.25, 0.3) is 0 Å². The van der Waals surface area contributed by atoms with E-state index < -0.39 is 10.8 Å². The highest BCUT2D eigenvalue weighted by molar-refractivity contribution is 5.93. The summed E-state index contributed by atoms with van der Waals surface area (Å²) in [4.78, 5) is 26.1. The summed E-state index contributed by atoms with van der Waals surface area (Å²) < 4.78 is 5.65. The second-order valence-electron chi connectivity index (χ2n) is 9.83. The van der Waals surface area contributed by atoms with Crippen LogP contribution in [0.3, 0.4) is 0 Å². The lowest BCUT2D eigenvalue weighted by atomic mass is 9.68. The topological polar surface area (TPSA) is 43.4 Å². The Labute approximate surface area is 139 Å². The smallest absolute Gasteiger partial charge is 0.320 e. The molecule has 0 atom stereocenters. The van der Waals surface area contributed by atoms with Gasteiger partial charge in [0.15, 0.2) is 0 Å². The molecule has 0 unspecified atom stereocenters. The maximum absolute atomic E-state index is 13.0. The fourth-order valence-electron chi connectivity index (χ4n) is 6.95. The quantitative estimate of drug-likeness (QED) is 0.556. The molecular weight excluding hydrogens is 288 g/mol. The minimum absolute atomic E-state index is 0.0224. The van der Waals surface area contributed by atoms with Crippen molar-refractivity contribution < 1.29 is 14.3 Å². The van der Waals surface area contributed by atoms with E-state index in [-0.39, 0.29) is 22.8 Å². The van der Waals surface area contributed by atoms with Crippen molar-refractivity contribution in [2.24, 2.45) is 33.5 Å². The predicted octanol–water partition coefficient (Wildman–Crippen LogP) is 4.49. The zero-order valence-corrected chi connectivity index (χ0v) is 15.0. The molecular formula is C20H30O3. The van der Waals surface area contributed by atoms with Gasteiger partial charge in [0.2, 0.25) is 0 Å². The van der Waals surface area contributed by atoms with E-state index in [1.807, 2.05) is 0 Å². The van der Waals surface area contributed by atoms with E-state index in [2.05, 4.69) is 27.7 Å². The monoisotopic (exact) mass is 318 g/mol. The van der Waals surface area contributed by atoms with Crippen molar-refractivity contribution in [3.63, 3.8) is 0 Å². The number of ether oxygens (including phenoxy) is 1. The number of carbonyl (C=O) groups is 2. The molecule has 0 aliphatic heterocycles. The van der Waals surface area contributed by atoms with Crippen molar-refractivity contribution in [2.75, 3.05) is 0 Å². The molecule has 0 saturated heterocycles. The first kappa shape index (κ1) is 15.7. The lowest BCUT2D eigenvalue weighted by Gasteiger charge is -2.38. The van der Waals surface area contributed by atoms with Crippen LogP contribution in [-0.4, -0.2) is 11.9 Å². The van der Waals surface area contributed by atoms with Crippen molar-refractivity contribution in [1.82, 2.24) is 0 Å². The molecule has 4 fully saturated rings. The molecule has 0 heterocycles. The first-order valence-electron chi connectivity index (χ1n) is 9.44. The van der Waals surface area contributed by atoms with Crippen LogP contribution in [0.15, 0.2) is 0 Å². The van der Waals surface area contributed by atoms with E-state index in [1.165, 1.54) is 0 Å². The Hall–Kier alpha value is -0.860. The number of hydrogen-bond acceptors (Lipinski definition) is 3. The summed E-state index contributed by atoms with van der Waals surface area (Å²) in [6, 6.07) is 0. The maximum Gasteiger partial charge on any atom is 0.320 e. The van der Waals surface area contributed by atoms with E-state index in [1.54, 1.807) is 0 Å². The molecule has 0 radical (unpaired) electrons. The molecule has 0 amide bonds. The van der Waals surface area contributed by atoms with Crippen LogP contribution < -0.4 is 0 Å². The van der Waals surface area contributed by atoms with Crippen LogP contribution in [0.2, 0.25) is 0 Å². The van der Waals surface area contributed by atoms with Crippen LogP contribution in [0, 0.1) is 33.5 Å². The van der Waals surface area contributed by atoms with Crippen LogP contribution >= 0.6 is 0 Å². The lowest BCUT2D eigenvalue weighted by molar-refractivity contribution is -0.180. The maximum atomic E-state index is 13.0. The summed E-state index contributed by atoms with van der Waals surface area (Å²) in [6.45, 7) is 8.80. The van der Waals surface area contributed by atoms with Gasteiger partial charge in [-0.1, -0.05) is 27.7 Å². The SMILES string of the molecule is CC1(C)C2CCC1(C(=O)OC(=O)C13CCC(CC1)C3(C)C)CC2. The van der Waals surface area contributed by atoms with Crippen molar-refractivity contribution in [1.29, 1.82) is 0 Å². The molecule has 4 bridgehead atoms. The Kier molecular flexibility index (Phi) is 3.00. The third-order valence-corrected chi connectivity index (χ3v) is 9.15. The Bertz CT molecular complexity index is 505. The summed E-state index contributed by atoms with van der Waals surface area (Å²) in [6.07, 6.45) is 8.02. The lowest BCUT2D eigenvalue weighted by Crippen LogP contribution is -2.45. The standard InChI is InChI=1S/C20H30O3/c1-17(2)13-5-9-19(17,10-6-13)15(21)23-16(22)20-11-7-14(8-12-20)18(20,3)4/h13-14H,5-12H2,1-4H3. The zero-order valence-electron chi connectivity index (χ0n) is 15.0. The van der Waals surface area contributed by atoms with Gasteiger partial charge in [-0.05, 0) is 74.0 Å². The Morgan fingerprint density at radius 1 is 0.696 bits per heavy atom.